The van der Waals surface area contributed by atoms with Crippen molar-refractivity contribution in [2.45, 2.75) is 12.6 Å². The second kappa shape index (κ2) is 3.93. The average molecular weight is 256 g/mol. The molecule has 3 aromatic rings. The van der Waals surface area contributed by atoms with E-state index in [4.69, 9.17) is 4.74 Å². The van der Waals surface area contributed by atoms with Gasteiger partial charge in [0.25, 0.3) is 0 Å². The molecule has 1 atom stereocenters. The molecule has 18 heavy (non-hydrogen) atoms. The molecular formula is C14H12N2OS. The largest absolute Gasteiger partial charge is 0.365 e. The Hall–Kier alpha value is -1.65. The first-order chi connectivity index (χ1) is 8.93. The van der Waals surface area contributed by atoms with Crippen LogP contribution in [0.25, 0.3) is 10.1 Å². The van der Waals surface area contributed by atoms with E-state index in [1.165, 1.54) is 15.6 Å². The van der Waals surface area contributed by atoms with Gasteiger partial charge in [-0.05, 0) is 16.8 Å². The Morgan fingerprint density at radius 2 is 2.28 bits per heavy atom. The molecule has 0 aliphatic carbocycles. The fourth-order valence-corrected chi connectivity index (χ4v) is 3.52. The zero-order valence-electron chi connectivity index (χ0n) is 9.74. The SMILES string of the molecule is c1ccc2c(C3OCCn4cncc43)csc2c1. The van der Waals surface area contributed by atoms with Gasteiger partial charge >= 0.3 is 0 Å². The molecule has 1 aliphatic rings. The second-order valence-electron chi connectivity index (χ2n) is 4.45. The maximum Gasteiger partial charge on any atom is 0.126 e. The minimum atomic E-state index is 0.0254. The summed E-state index contributed by atoms with van der Waals surface area (Å²) in [6.45, 7) is 1.64. The van der Waals surface area contributed by atoms with Crippen LogP contribution in [0.2, 0.25) is 0 Å². The van der Waals surface area contributed by atoms with E-state index in [0.29, 0.717) is 0 Å². The Labute approximate surface area is 109 Å². The summed E-state index contributed by atoms with van der Waals surface area (Å²) in [7, 11) is 0. The molecule has 3 heterocycles. The molecule has 0 saturated heterocycles. The highest BCUT2D eigenvalue weighted by molar-refractivity contribution is 7.17. The number of rotatable bonds is 1. The summed E-state index contributed by atoms with van der Waals surface area (Å²) in [5, 5.41) is 3.50. The zero-order chi connectivity index (χ0) is 11.9. The van der Waals surface area contributed by atoms with Crippen LogP contribution in [0.4, 0.5) is 0 Å². The van der Waals surface area contributed by atoms with Gasteiger partial charge in [-0.15, -0.1) is 11.3 Å². The Kier molecular flexibility index (Phi) is 2.25. The van der Waals surface area contributed by atoms with Gasteiger partial charge in [0.05, 0.1) is 24.8 Å². The average Bonchev–Trinajstić information content (AvgIpc) is 3.05. The van der Waals surface area contributed by atoms with Crippen molar-refractivity contribution >= 4 is 21.4 Å². The molecule has 4 heteroatoms. The lowest BCUT2D eigenvalue weighted by atomic mass is 10.0. The maximum absolute atomic E-state index is 5.96. The van der Waals surface area contributed by atoms with Crippen LogP contribution in [0.3, 0.4) is 0 Å². The van der Waals surface area contributed by atoms with Crippen LogP contribution < -0.4 is 0 Å². The van der Waals surface area contributed by atoms with Crippen LogP contribution >= 0.6 is 11.3 Å². The highest BCUT2D eigenvalue weighted by atomic mass is 32.1. The van der Waals surface area contributed by atoms with Crippen LogP contribution in [-0.2, 0) is 11.3 Å². The third-order valence-corrected chi connectivity index (χ3v) is 4.40. The van der Waals surface area contributed by atoms with E-state index >= 15 is 0 Å². The fraction of sp³-hybridized carbons (Fsp3) is 0.214. The van der Waals surface area contributed by atoms with Crippen molar-refractivity contribution in [2.75, 3.05) is 6.61 Å². The minimum absolute atomic E-state index is 0.0254. The summed E-state index contributed by atoms with van der Waals surface area (Å²) in [4.78, 5) is 4.23. The number of thiophene rings is 1. The number of ether oxygens (including phenoxy) is 1. The predicted molar refractivity (Wildman–Crippen MR) is 71.8 cm³/mol. The maximum atomic E-state index is 5.96. The summed E-state index contributed by atoms with van der Waals surface area (Å²) in [5.41, 5.74) is 2.42. The van der Waals surface area contributed by atoms with Gasteiger partial charge in [0, 0.05) is 16.8 Å². The molecule has 0 saturated carbocycles. The topological polar surface area (TPSA) is 27.1 Å². The number of aromatic nitrogens is 2. The number of hydrogen-bond donors (Lipinski definition) is 0. The lowest BCUT2D eigenvalue weighted by Gasteiger charge is -2.24. The zero-order valence-corrected chi connectivity index (χ0v) is 10.6. The van der Waals surface area contributed by atoms with Gasteiger partial charge in [0.1, 0.15) is 6.10 Å². The number of fused-ring (bicyclic) bond motifs is 2. The van der Waals surface area contributed by atoms with Crippen molar-refractivity contribution < 1.29 is 4.74 Å². The third-order valence-electron chi connectivity index (χ3n) is 3.42. The third kappa shape index (κ3) is 1.43. The Bertz CT molecular complexity index is 700. The Morgan fingerprint density at radius 3 is 3.28 bits per heavy atom. The van der Waals surface area contributed by atoms with Gasteiger partial charge in [-0.3, -0.25) is 0 Å². The molecule has 0 N–H and O–H groups in total. The van der Waals surface area contributed by atoms with Crippen LogP contribution in [0.5, 0.6) is 0 Å². The molecular weight excluding hydrogens is 244 g/mol. The quantitative estimate of drug-likeness (QED) is 0.668. The minimum Gasteiger partial charge on any atom is -0.365 e. The molecule has 0 spiro atoms. The monoisotopic (exact) mass is 256 g/mol. The second-order valence-corrected chi connectivity index (χ2v) is 5.36. The predicted octanol–water partition coefficient (Wildman–Crippen LogP) is 3.22. The van der Waals surface area contributed by atoms with Crippen molar-refractivity contribution in [1.29, 1.82) is 0 Å². The van der Waals surface area contributed by atoms with E-state index in [-0.39, 0.29) is 6.10 Å². The molecule has 0 fully saturated rings. The van der Waals surface area contributed by atoms with E-state index in [0.717, 1.165) is 18.8 Å². The Balaban J connectivity index is 1.90. The van der Waals surface area contributed by atoms with Gasteiger partial charge in [0.15, 0.2) is 0 Å². The fourth-order valence-electron chi connectivity index (χ4n) is 2.54. The lowest BCUT2D eigenvalue weighted by molar-refractivity contribution is 0.0475. The van der Waals surface area contributed by atoms with Gasteiger partial charge in [-0.1, -0.05) is 18.2 Å². The van der Waals surface area contributed by atoms with Crippen molar-refractivity contribution in [2.24, 2.45) is 0 Å². The van der Waals surface area contributed by atoms with E-state index in [1.54, 1.807) is 11.3 Å². The summed E-state index contributed by atoms with van der Waals surface area (Å²) >= 11 is 1.78. The van der Waals surface area contributed by atoms with Gasteiger partial charge < -0.3 is 9.30 Å². The first kappa shape index (κ1) is 10.3. The first-order valence-corrected chi connectivity index (χ1v) is 6.89. The molecule has 1 unspecified atom stereocenters. The highest BCUT2D eigenvalue weighted by Crippen LogP contribution is 2.36. The molecule has 0 radical (unpaired) electrons. The number of benzene rings is 1. The molecule has 0 bridgehead atoms. The molecule has 3 nitrogen and oxygen atoms in total. The van der Waals surface area contributed by atoms with E-state index in [2.05, 4.69) is 39.2 Å². The van der Waals surface area contributed by atoms with E-state index in [9.17, 15) is 0 Å². The standard InChI is InChI=1S/C14H12N2OS/c1-2-4-13-10(3-1)11(8-18-13)14-12-7-15-9-16(12)5-6-17-14/h1-4,7-9,14H,5-6H2. The smallest absolute Gasteiger partial charge is 0.126 e. The van der Waals surface area contributed by atoms with Crippen LogP contribution in [0.1, 0.15) is 17.4 Å². The molecule has 0 amide bonds. The van der Waals surface area contributed by atoms with Gasteiger partial charge in [-0.25, -0.2) is 4.98 Å². The molecule has 90 valence electrons. The summed E-state index contributed by atoms with van der Waals surface area (Å²) in [5.74, 6) is 0. The van der Waals surface area contributed by atoms with E-state index < -0.39 is 0 Å². The molecule has 2 aromatic heterocycles. The van der Waals surface area contributed by atoms with Crippen molar-refractivity contribution in [3.8, 4) is 0 Å². The summed E-state index contributed by atoms with van der Waals surface area (Å²) in [6.07, 6.45) is 3.83. The normalized spacial score (nSPS) is 19.0. The highest BCUT2D eigenvalue weighted by Gasteiger charge is 2.25. The van der Waals surface area contributed by atoms with Crippen LogP contribution in [0, 0.1) is 0 Å². The molecule has 1 aromatic carbocycles. The number of hydrogen-bond acceptors (Lipinski definition) is 3. The van der Waals surface area contributed by atoms with Crippen LogP contribution in [0.15, 0.2) is 42.2 Å². The summed E-state index contributed by atoms with van der Waals surface area (Å²) in [6, 6.07) is 8.48. The molecule has 4 rings (SSSR count). The number of nitrogens with zero attached hydrogens (tertiary/aromatic N) is 2. The lowest BCUT2D eigenvalue weighted by Crippen LogP contribution is -2.21. The summed E-state index contributed by atoms with van der Waals surface area (Å²) < 4.78 is 9.45. The van der Waals surface area contributed by atoms with Crippen LogP contribution in [-0.4, -0.2) is 16.2 Å². The van der Waals surface area contributed by atoms with Gasteiger partial charge in [-0.2, -0.15) is 0 Å². The van der Waals surface area contributed by atoms with Crippen molar-refractivity contribution in [3.05, 3.63) is 53.4 Å². The Morgan fingerprint density at radius 1 is 1.33 bits per heavy atom. The first-order valence-electron chi connectivity index (χ1n) is 6.01. The van der Waals surface area contributed by atoms with E-state index in [1.807, 2.05) is 12.5 Å². The van der Waals surface area contributed by atoms with Crippen molar-refractivity contribution in [3.63, 3.8) is 0 Å². The van der Waals surface area contributed by atoms with Crippen molar-refractivity contribution in [1.82, 2.24) is 9.55 Å². The molecule has 1 aliphatic heterocycles. The van der Waals surface area contributed by atoms with Gasteiger partial charge in [0.2, 0.25) is 0 Å². The number of imidazole rings is 1.